The van der Waals surface area contributed by atoms with Crippen LogP contribution in [0.3, 0.4) is 0 Å². The van der Waals surface area contributed by atoms with E-state index in [0.717, 1.165) is 71.9 Å². The van der Waals surface area contributed by atoms with Crippen LogP contribution in [0.4, 0.5) is 11.4 Å². The molecule has 0 radical (unpaired) electrons. The molecule has 13 heteroatoms. The molecule has 13 nitrogen and oxygen atoms in total. The van der Waals surface area contributed by atoms with E-state index in [0.29, 0.717) is 18.2 Å². The van der Waals surface area contributed by atoms with Crippen LogP contribution in [0.15, 0.2) is 53.8 Å². The van der Waals surface area contributed by atoms with Crippen LogP contribution in [0, 0.1) is 5.92 Å². The summed E-state index contributed by atoms with van der Waals surface area (Å²) in [6, 6.07) is 10.3. The summed E-state index contributed by atoms with van der Waals surface area (Å²) in [6.45, 7) is 4.57. The molecule has 0 spiro atoms. The molecule has 2 aromatic carbocycles. The van der Waals surface area contributed by atoms with Gasteiger partial charge in [0.15, 0.2) is 0 Å². The fourth-order valence-electron chi connectivity index (χ4n) is 6.67. The lowest BCUT2D eigenvalue weighted by Gasteiger charge is -2.34. The number of carbonyl (C=O) groups excluding carboxylic acids is 4. The van der Waals surface area contributed by atoms with Crippen LogP contribution in [0.1, 0.15) is 52.1 Å². The van der Waals surface area contributed by atoms with Gasteiger partial charge in [-0.05, 0) is 62.6 Å². The Morgan fingerprint density at radius 3 is 2.62 bits per heavy atom. The Morgan fingerprint density at radius 1 is 1.06 bits per heavy atom. The van der Waals surface area contributed by atoms with Crippen molar-refractivity contribution in [1.29, 1.82) is 0 Å². The molecule has 47 heavy (non-hydrogen) atoms. The van der Waals surface area contributed by atoms with Gasteiger partial charge in [-0.25, -0.2) is 4.98 Å². The number of benzene rings is 2. The molecule has 0 bridgehead atoms. The maximum atomic E-state index is 13.1. The smallest absolute Gasteiger partial charge is 0.262 e. The van der Waals surface area contributed by atoms with E-state index in [9.17, 15) is 19.2 Å². The molecule has 1 atom stereocenters. The number of amides is 4. The zero-order chi connectivity index (χ0) is 32.7. The lowest BCUT2D eigenvalue weighted by Crippen LogP contribution is -2.54. The number of allylic oxidation sites excluding steroid dienone is 1. The summed E-state index contributed by atoms with van der Waals surface area (Å²) in [7, 11) is 2.14. The number of para-hydroxylation sites is 1. The molecule has 3 aromatic rings. The zero-order valence-electron chi connectivity index (χ0n) is 26.2. The standard InChI is InChI=1S/C34H37N9O4/c1-41-9-11-42(12-10-41)28-4-2-3-26-31(28)39-27(19-38-26)21(16-35)18-37-23-13-20(14-23)17-36-22-5-6-24-25(15-22)34(47)43(33(24)46)29-7-8-30(44)40-32(29)45/h2-6,15-16,18-20,23,29,36H,7-14,17,35H2,1H3,(H,40,44,45). The van der Waals surface area contributed by atoms with E-state index in [1.165, 1.54) is 6.20 Å². The molecular weight excluding hydrogens is 598 g/mol. The highest BCUT2D eigenvalue weighted by Crippen LogP contribution is 2.33. The van der Waals surface area contributed by atoms with Crippen molar-refractivity contribution in [3.63, 3.8) is 0 Å². The van der Waals surface area contributed by atoms with Crippen molar-refractivity contribution in [2.24, 2.45) is 16.6 Å². The minimum absolute atomic E-state index is 0.0857. The minimum Gasteiger partial charge on any atom is -0.404 e. The van der Waals surface area contributed by atoms with E-state index >= 15 is 0 Å². The Balaban J connectivity index is 0.945. The van der Waals surface area contributed by atoms with Crippen LogP contribution in [-0.2, 0) is 9.59 Å². The average Bonchev–Trinajstić information content (AvgIpc) is 3.30. The van der Waals surface area contributed by atoms with Crippen molar-refractivity contribution in [3.8, 4) is 0 Å². The summed E-state index contributed by atoms with van der Waals surface area (Å²) in [5, 5.41) is 5.60. The van der Waals surface area contributed by atoms with Crippen LogP contribution in [0.25, 0.3) is 16.6 Å². The molecule has 1 saturated carbocycles. The monoisotopic (exact) mass is 635 g/mol. The second-order valence-corrected chi connectivity index (χ2v) is 12.7. The molecule has 3 aliphatic heterocycles. The SMILES string of the molecule is CN1CCN(c2cccc3ncc(C(C=NC4CC(CNc5ccc6c(c5)C(=O)N(C5CCC(=O)NC5=O)C6=O)C4)=CN)nc23)CC1. The minimum atomic E-state index is -0.980. The van der Waals surface area contributed by atoms with Crippen molar-refractivity contribution < 1.29 is 19.2 Å². The molecule has 4 aliphatic rings. The second-order valence-electron chi connectivity index (χ2n) is 12.7. The largest absolute Gasteiger partial charge is 0.404 e. The fourth-order valence-corrected chi connectivity index (χ4v) is 6.67. The van der Waals surface area contributed by atoms with Crippen LogP contribution in [0.5, 0.6) is 0 Å². The fraction of sp³-hybridized carbons (Fsp3) is 0.382. The summed E-state index contributed by atoms with van der Waals surface area (Å²) < 4.78 is 0. The molecule has 4 N–H and O–H groups in total. The molecule has 1 aromatic heterocycles. The molecular formula is C34H37N9O4. The molecule has 1 unspecified atom stereocenters. The maximum Gasteiger partial charge on any atom is 0.262 e. The summed E-state index contributed by atoms with van der Waals surface area (Å²) in [5.41, 5.74) is 11.5. The number of nitrogens with two attached hydrogens (primary N) is 1. The first-order valence-corrected chi connectivity index (χ1v) is 16.0. The quantitative estimate of drug-likeness (QED) is 0.246. The van der Waals surface area contributed by atoms with Crippen molar-refractivity contribution in [1.82, 2.24) is 25.1 Å². The molecule has 2 saturated heterocycles. The summed E-state index contributed by atoms with van der Waals surface area (Å²) >= 11 is 0. The number of likely N-dealkylation sites (N-methyl/N-ethyl adjacent to an activating group) is 1. The number of hydrogen-bond donors (Lipinski definition) is 3. The molecule has 7 rings (SSSR count). The number of rotatable bonds is 8. The number of piperazine rings is 1. The third kappa shape index (κ3) is 5.94. The number of nitrogens with one attached hydrogen (secondary N) is 2. The predicted molar refractivity (Wildman–Crippen MR) is 178 cm³/mol. The first kappa shape index (κ1) is 30.5. The van der Waals surface area contributed by atoms with Crippen LogP contribution in [-0.4, -0.2) is 101 Å². The lowest BCUT2D eigenvalue weighted by atomic mass is 9.80. The number of piperidine rings is 1. The highest BCUT2D eigenvalue weighted by molar-refractivity contribution is 6.23. The number of nitrogens with zero attached hydrogens (tertiary/aromatic N) is 6. The zero-order valence-corrected chi connectivity index (χ0v) is 26.2. The summed E-state index contributed by atoms with van der Waals surface area (Å²) in [4.78, 5) is 70.0. The number of fused-ring (bicyclic) bond motifs is 2. The van der Waals surface area contributed by atoms with Gasteiger partial charge in [0, 0.05) is 62.8 Å². The number of carbonyl (C=O) groups is 4. The van der Waals surface area contributed by atoms with E-state index in [1.807, 2.05) is 12.1 Å². The van der Waals surface area contributed by atoms with Crippen molar-refractivity contribution in [2.45, 2.75) is 37.8 Å². The third-order valence-corrected chi connectivity index (χ3v) is 9.54. The lowest BCUT2D eigenvalue weighted by molar-refractivity contribution is -0.136. The molecule has 242 valence electrons. The van der Waals surface area contributed by atoms with Gasteiger partial charge in [-0.1, -0.05) is 6.07 Å². The third-order valence-electron chi connectivity index (χ3n) is 9.54. The van der Waals surface area contributed by atoms with Gasteiger partial charge >= 0.3 is 0 Å². The van der Waals surface area contributed by atoms with E-state index in [4.69, 9.17) is 15.7 Å². The first-order chi connectivity index (χ1) is 22.8. The van der Waals surface area contributed by atoms with Crippen molar-refractivity contribution >= 4 is 57.8 Å². The van der Waals surface area contributed by atoms with Crippen LogP contribution >= 0.6 is 0 Å². The number of anilines is 2. The Kier molecular flexibility index (Phi) is 8.14. The highest BCUT2D eigenvalue weighted by atomic mass is 16.2. The van der Waals surface area contributed by atoms with Crippen LogP contribution < -0.4 is 21.3 Å². The molecule has 3 fully saturated rings. The van der Waals surface area contributed by atoms with E-state index in [1.54, 1.807) is 30.6 Å². The number of aliphatic imine (C=N–C) groups is 1. The summed E-state index contributed by atoms with van der Waals surface area (Å²) in [6.07, 6.45) is 7.06. The highest BCUT2D eigenvalue weighted by Gasteiger charge is 2.44. The van der Waals surface area contributed by atoms with Crippen LogP contribution in [0.2, 0.25) is 0 Å². The number of hydrogen-bond acceptors (Lipinski definition) is 11. The molecule has 4 heterocycles. The average molecular weight is 636 g/mol. The predicted octanol–water partition coefficient (Wildman–Crippen LogP) is 2.04. The van der Waals surface area contributed by atoms with Gasteiger partial charge in [-0.15, -0.1) is 0 Å². The first-order valence-electron chi connectivity index (χ1n) is 16.0. The van der Waals surface area contributed by atoms with Crippen molar-refractivity contribution in [3.05, 3.63) is 65.6 Å². The van der Waals surface area contributed by atoms with Crippen molar-refractivity contribution in [2.75, 3.05) is 50.0 Å². The van der Waals surface area contributed by atoms with Gasteiger partial charge in [0.25, 0.3) is 11.8 Å². The topological polar surface area (TPSA) is 166 Å². The van der Waals surface area contributed by atoms with E-state index in [-0.39, 0.29) is 30.0 Å². The van der Waals surface area contributed by atoms with E-state index < -0.39 is 29.7 Å². The Labute approximate surface area is 271 Å². The Hall–Kier alpha value is -5.17. The number of imide groups is 2. The maximum absolute atomic E-state index is 13.1. The summed E-state index contributed by atoms with van der Waals surface area (Å²) in [5.74, 6) is -1.66. The van der Waals surface area contributed by atoms with Gasteiger partial charge in [0.05, 0.1) is 40.3 Å². The van der Waals surface area contributed by atoms with E-state index in [2.05, 4.69) is 38.5 Å². The van der Waals surface area contributed by atoms with Gasteiger partial charge < -0.3 is 20.9 Å². The number of aromatic nitrogens is 2. The van der Waals surface area contributed by atoms with Gasteiger partial charge in [0.1, 0.15) is 11.6 Å². The van der Waals surface area contributed by atoms with Gasteiger partial charge in [-0.2, -0.15) is 0 Å². The van der Waals surface area contributed by atoms with Gasteiger partial charge in [0.2, 0.25) is 11.8 Å². The van der Waals surface area contributed by atoms with Gasteiger partial charge in [-0.3, -0.25) is 39.4 Å². The Bertz CT molecular complexity index is 1830. The Morgan fingerprint density at radius 2 is 1.85 bits per heavy atom. The molecule has 4 amide bonds. The second kappa shape index (κ2) is 12.6. The molecule has 1 aliphatic carbocycles. The normalized spacial score (nSPS) is 23.8.